The lowest BCUT2D eigenvalue weighted by molar-refractivity contribution is -0.149. The number of aliphatic hydroxyl groups excluding tert-OH is 1. The van der Waals surface area contributed by atoms with E-state index >= 15 is 0 Å². The summed E-state index contributed by atoms with van der Waals surface area (Å²) in [7, 11) is 3.09. The van der Waals surface area contributed by atoms with Gasteiger partial charge in [-0.1, -0.05) is 24.3 Å². The molecule has 1 N–H and O–H groups in total. The molecule has 16 heteroatoms. The van der Waals surface area contributed by atoms with Gasteiger partial charge in [0.1, 0.15) is 35.8 Å². The molecule has 0 aliphatic carbocycles. The molecule has 0 amide bonds. The number of ether oxygens (including phenoxy) is 5. The van der Waals surface area contributed by atoms with Crippen LogP contribution < -0.4 is 32.0 Å². The van der Waals surface area contributed by atoms with Crippen LogP contribution in [0.4, 0.5) is 0 Å². The first-order valence-electron chi connectivity index (χ1n) is 18.8. The number of esters is 1. The molecule has 16 nitrogen and oxygen atoms in total. The zero-order chi connectivity index (χ0) is 41.0. The monoisotopic (exact) mass is 788 g/mol. The number of hydrogen-bond donors (Lipinski definition) is 1. The second-order valence-electron chi connectivity index (χ2n) is 14.6. The van der Waals surface area contributed by atoms with E-state index in [4.69, 9.17) is 23.7 Å². The highest BCUT2D eigenvalue weighted by Crippen LogP contribution is 2.36. The Hall–Kier alpha value is -5.58. The van der Waals surface area contributed by atoms with E-state index in [0.717, 1.165) is 14.7 Å². The molecular weight excluding hydrogens is 740 g/mol. The van der Waals surface area contributed by atoms with Crippen molar-refractivity contribution in [1.29, 1.82) is 0 Å². The van der Waals surface area contributed by atoms with E-state index in [1.54, 1.807) is 76.6 Å². The van der Waals surface area contributed by atoms with Crippen LogP contribution in [0.3, 0.4) is 0 Å². The lowest BCUT2D eigenvalue weighted by Crippen LogP contribution is -2.42. The lowest BCUT2D eigenvalue weighted by atomic mass is 9.92. The van der Waals surface area contributed by atoms with Crippen LogP contribution in [0.15, 0.2) is 80.1 Å². The summed E-state index contributed by atoms with van der Waals surface area (Å²) in [4.78, 5) is 79.1. The van der Waals surface area contributed by atoms with Gasteiger partial charge in [-0.05, 0) is 68.0 Å². The third-order valence-electron chi connectivity index (χ3n) is 10.6. The van der Waals surface area contributed by atoms with Crippen molar-refractivity contribution in [3.8, 4) is 11.5 Å². The number of ketones is 1. The molecule has 0 radical (unpaired) electrons. The van der Waals surface area contributed by atoms with Crippen LogP contribution in [0.25, 0.3) is 0 Å². The Balaban J connectivity index is 1.13. The molecule has 4 aromatic rings. The van der Waals surface area contributed by atoms with Gasteiger partial charge in [0, 0.05) is 49.7 Å². The smallest absolute Gasteiger partial charge is 0.333 e. The molecular formula is C41H48N4O12. The number of aromatic nitrogens is 4. The number of carbonyl (C=O) groups excluding carboxylic acids is 2. The minimum absolute atomic E-state index is 0.0177. The van der Waals surface area contributed by atoms with Crippen molar-refractivity contribution in [1.82, 2.24) is 18.3 Å². The molecule has 2 aliphatic rings. The van der Waals surface area contributed by atoms with Crippen LogP contribution in [0.5, 0.6) is 11.5 Å². The molecule has 2 aromatic carbocycles. The van der Waals surface area contributed by atoms with Gasteiger partial charge in [-0.25, -0.2) is 9.59 Å². The molecule has 2 saturated heterocycles. The quantitative estimate of drug-likeness (QED) is 0.174. The summed E-state index contributed by atoms with van der Waals surface area (Å²) in [5, 5.41) is 10.2. The van der Waals surface area contributed by atoms with E-state index < -0.39 is 65.2 Å². The second-order valence-corrected chi connectivity index (χ2v) is 14.6. The van der Waals surface area contributed by atoms with Crippen LogP contribution in [0.2, 0.25) is 0 Å². The molecule has 0 bridgehead atoms. The number of aryl methyl sites for hydroxylation is 2. The summed E-state index contributed by atoms with van der Waals surface area (Å²) in [5.41, 5.74) is 0.0294. The highest BCUT2D eigenvalue weighted by atomic mass is 16.6. The Bertz CT molecular complexity index is 2330. The zero-order valence-electron chi connectivity index (χ0n) is 32.6. The Morgan fingerprint density at radius 2 is 1.21 bits per heavy atom. The predicted molar refractivity (Wildman–Crippen MR) is 206 cm³/mol. The summed E-state index contributed by atoms with van der Waals surface area (Å²) in [6, 6.07) is 14.0. The number of benzene rings is 2. The third-order valence-corrected chi connectivity index (χ3v) is 10.6. The molecule has 0 unspecified atom stereocenters. The van der Waals surface area contributed by atoms with Crippen molar-refractivity contribution < 1.29 is 38.4 Å². The summed E-state index contributed by atoms with van der Waals surface area (Å²) < 4.78 is 33.3. The first-order chi connectivity index (χ1) is 27.3. The van der Waals surface area contributed by atoms with Gasteiger partial charge in [-0.15, -0.1) is 0 Å². The number of hydrogen-bond acceptors (Lipinski definition) is 12. The second kappa shape index (κ2) is 17.7. The van der Waals surface area contributed by atoms with Gasteiger partial charge >= 0.3 is 17.3 Å². The van der Waals surface area contributed by atoms with Gasteiger partial charge in [0.2, 0.25) is 0 Å². The largest absolute Gasteiger partial charge is 0.497 e. The Labute approximate surface area is 327 Å². The predicted octanol–water partition coefficient (Wildman–Crippen LogP) is 2.62. The number of Topliss-reactive ketones (excluding diaryl/α,β-unsaturated/α-hetero) is 1. The van der Waals surface area contributed by atoms with E-state index in [0.29, 0.717) is 28.2 Å². The molecule has 6 rings (SSSR count). The number of rotatable bonds is 15. The molecule has 304 valence electrons. The Kier molecular flexibility index (Phi) is 12.7. The van der Waals surface area contributed by atoms with Gasteiger partial charge in [0.15, 0.2) is 0 Å². The van der Waals surface area contributed by atoms with E-state index in [2.05, 4.69) is 0 Å². The third kappa shape index (κ3) is 9.19. The Morgan fingerprint density at radius 3 is 1.67 bits per heavy atom. The molecule has 57 heavy (non-hydrogen) atoms. The maximum Gasteiger partial charge on any atom is 0.333 e. The van der Waals surface area contributed by atoms with Crippen molar-refractivity contribution in [3.05, 3.63) is 125 Å². The topological polar surface area (TPSA) is 189 Å². The maximum absolute atomic E-state index is 13.7. The first kappa shape index (κ1) is 41.1. The number of aliphatic hydroxyl groups is 1. The van der Waals surface area contributed by atoms with Crippen molar-refractivity contribution in [2.45, 2.75) is 96.7 Å². The van der Waals surface area contributed by atoms with Gasteiger partial charge in [-0.3, -0.25) is 37.4 Å². The molecule has 4 heterocycles. The minimum Gasteiger partial charge on any atom is -0.497 e. The van der Waals surface area contributed by atoms with E-state index in [9.17, 15) is 33.9 Å². The van der Waals surface area contributed by atoms with Gasteiger partial charge < -0.3 is 28.8 Å². The van der Waals surface area contributed by atoms with Gasteiger partial charge in [0.25, 0.3) is 11.1 Å². The number of methoxy groups -OCH3 is 2. The van der Waals surface area contributed by atoms with Crippen molar-refractivity contribution in [2.75, 3.05) is 20.8 Å². The highest BCUT2D eigenvalue weighted by molar-refractivity contribution is 5.78. The fourth-order valence-corrected chi connectivity index (χ4v) is 7.56. The van der Waals surface area contributed by atoms with Crippen LogP contribution in [-0.2, 0) is 36.9 Å². The minimum atomic E-state index is -0.874. The zero-order valence-corrected chi connectivity index (χ0v) is 32.6. The normalized spacial score (nSPS) is 21.7. The van der Waals surface area contributed by atoms with Crippen LogP contribution in [0, 0.1) is 19.8 Å². The molecule has 2 aliphatic heterocycles. The van der Waals surface area contributed by atoms with E-state index in [1.165, 1.54) is 28.5 Å². The van der Waals surface area contributed by atoms with Crippen molar-refractivity contribution in [2.24, 2.45) is 5.92 Å². The summed E-state index contributed by atoms with van der Waals surface area (Å²) in [6.45, 7) is 4.14. The highest BCUT2D eigenvalue weighted by Gasteiger charge is 2.41. The molecule has 2 fully saturated rings. The molecule has 0 saturated carbocycles. The standard InChI is InChI=1S/C41H48N4O12/c1-24-19-42(40(51)44(38(24)49)21-27-6-11-31(53-4)12-7-27)36-17-29(35(23-46)57-36)16-30(48)10-15-33-34(55-26(3)47)18-37(56-33)43-20-25(2)39(50)45(41(43)52)22-28-8-13-32(54-5)14-9-28/h6-9,11-14,19-20,29,33-37,46H,10,15-18,21-23H2,1-5H3/t29-,33+,34-,35+,36+,37+/m0/s1. The fourth-order valence-electron chi connectivity index (χ4n) is 7.56. The molecule has 6 atom stereocenters. The fraction of sp³-hybridized carbons (Fsp3) is 0.463. The summed E-state index contributed by atoms with van der Waals surface area (Å²) in [5.74, 6) is 0.132. The van der Waals surface area contributed by atoms with E-state index in [1.807, 2.05) is 0 Å². The van der Waals surface area contributed by atoms with Crippen molar-refractivity contribution in [3.63, 3.8) is 0 Å². The average Bonchev–Trinajstić information content (AvgIpc) is 3.80. The van der Waals surface area contributed by atoms with Gasteiger partial charge in [0.05, 0.1) is 46.1 Å². The number of nitrogens with zero attached hydrogens (tertiary/aromatic N) is 4. The molecule has 2 aromatic heterocycles. The summed E-state index contributed by atoms with van der Waals surface area (Å²) in [6.07, 6.45) is -0.454. The van der Waals surface area contributed by atoms with E-state index in [-0.39, 0.29) is 57.6 Å². The van der Waals surface area contributed by atoms with Gasteiger partial charge in [-0.2, -0.15) is 0 Å². The molecule has 0 spiro atoms. The Morgan fingerprint density at radius 1 is 0.737 bits per heavy atom. The SMILES string of the molecule is COc1ccc(Cn2c(=O)c(C)cn([C@H]3C[C@H](CC(=O)CC[C@H]4O[C@@H](n5cc(C)c(=O)n(Cc6ccc(OC)cc6)c5=O)C[C@@H]4OC(C)=O)[C@@H](CO)O3)c2=O)cc1. The first-order valence-corrected chi connectivity index (χ1v) is 18.8. The van der Waals surface area contributed by atoms with Crippen LogP contribution in [0.1, 0.15) is 73.7 Å². The van der Waals surface area contributed by atoms with Crippen LogP contribution >= 0.6 is 0 Å². The lowest BCUT2D eigenvalue weighted by Gasteiger charge is -2.19. The maximum atomic E-state index is 13.7. The summed E-state index contributed by atoms with van der Waals surface area (Å²) >= 11 is 0. The average molecular weight is 789 g/mol. The van der Waals surface area contributed by atoms with Crippen LogP contribution in [-0.4, -0.2) is 74.3 Å². The number of carbonyl (C=O) groups is 2. The van der Waals surface area contributed by atoms with Crippen molar-refractivity contribution >= 4 is 11.8 Å².